The molecule has 2 fully saturated rings. The van der Waals surface area contributed by atoms with E-state index < -0.39 is 6.43 Å². The summed E-state index contributed by atoms with van der Waals surface area (Å²) < 4.78 is 27.5. The Hall–Kier alpha value is -3.21. The van der Waals surface area contributed by atoms with E-state index in [2.05, 4.69) is 35.2 Å². The molecule has 0 radical (unpaired) electrons. The minimum atomic E-state index is -2.66. The van der Waals surface area contributed by atoms with Gasteiger partial charge in [-0.05, 0) is 24.5 Å². The van der Waals surface area contributed by atoms with Gasteiger partial charge in [-0.25, -0.2) is 28.2 Å². The number of carbonyl (C=O) groups excluding carboxylic acids is 1. The lowest BCUT2D eigenvalue weighted by Gasteiger charge is -2.28. The Labute approximate surface area is 177 Å². The minimum Gasteiger partial charge on any atom is -0.356 e. The zero-order chi connectivity index (χ0) is 21.4. The molecule has 0 spiro atoms. The summed E-state index contributed by atoms with van der Waals surface area (Å²) in [6, 6.07) is 4.64. The van der Waals surface area contributed by atoms with Crippen LogP contribution in [0, 0.1) is 5.92 Å². The number of imidazole rings is 1. The normalized spacial score (nSPS) is 20.0. The molecule has 0 aliphatic carbocycles. The van der Waals surface area contributed by atoms with E-state index in [0.717, 1.165) is 38.4 Å². The van der Waals surface area contributed by atoms with Crippen LogP contribution in [-0.2, 0) is 4.79 Å². The number of nitrogens with one attached hydrogen (secondary N) is 1. The molecule has 5 rings (SSSR count). The van der Waals surface area contributed by atoms with E-state index in [-0.39, 0.29) is 11.6 Å². The van der Waals surface area contributed by atoms with Crippen molar-refractivity contribution in [2.45, 2.75) is 12.8 Å². The number of hydrogen-bond acceptors (Lipinski definition) is 7. The number of piperazine rings is 1. The molecule has 2 aliphatic rings. The van der Waals surface area contributed by atoms with Crippen molar-refractivity contribution in [2.24, 2.45) is 5.92 Å². The Morgan fingerprint density at radius 1 is 1.19 bits per heavy atom. The molecule has 1 unspecified atom stereocenters. The maximum atomic E-state index is 13.1. The topological polar surface area (TPSA) is 91.6 Å². The van der Waals surface area contributed by atoms with Gasteiger partial charge in [-0.15, -0.1) is 0 Å². The fourth-order valence-electron chi connectivity index (χ4n) is 4.24. The van der Waals surface area contributed by atoms with Crippen LogP contribution in [0.1, 0.15) is 18.5 Å². The van der Waals surface area contributed by atoms with Crippen molar-refractivity contribution < 1.29 is 13.6 Å². The first-order chi connectivity index (χ1) is 15.1. The van der Waals surface area contributed by atoms with Crippen LogP contribution in [0.5, 0.6) is 0 Å². The molecule has 2 saturated heterocycles. The van der Waals surface area contributed by atoms with E-state index in [0.29, 0.717) is 36.0 Å². The first kappa shape index (κ1) is 19.7. The molecular weight excluding hydrogens is 406 g/mol. The van der Waals surface area contributed by atoms with Gasteiger partial charge in [0, 0.05) is 38.8 Å². The number of carbonyl (C=O) groups is 1. The predicted molar refractivity (Wildman–Crippen MR) is 109 cm³/mol. The Morgan fingerprint density at radius 2 is 2.10 bits per heavy atom. The van der Waals surface area contributed by atoms with E-state index in [1.54, 1.807) is 6.20 Å². The zero-order valence-electron chi connectivity index (χ0n) is 16.8. The van der Waals surface area contributed by atoms with Gasteiger partial charge in [0.25, 0.3) is 6.43 Å². The van der Waals surface area contributed by atoms with Crippen LogP contribution in [0.25, 0.3) is 17.0 Å². The van der Waals surface area contributed by atoms with Crippen LogP contribution in [0.4, 0.5) is 14.6 Å². The molecule has 1 amide bonds. The first-order valence-corrected chi connectivity index (χ1v) is 10.3. The van der Waals surface area contributed by atoms with Crippen LogP contribution < -0.4 is 10.2 Å². The van der Waals surface area contributed by atoms with Crippen LogP contribution in [0.15, 0.2) is 30.7 Å². The number of hydrogen-bond donors (Lipinski definition) is 1. The number of fused-ring (bicyclic) bond motifs is 1. The highest BCUT2D eigenvalue weighted by Gasteiger charge is 2.27. The molecular formula is C20H22F2N8O. The number of alkyl halides is 2. The van der Waals surface area contributed by atoms with E-state index in [4.69, 9.17) is 0 Å². The third-order valence-corrected chi connectivity index (χ3v) is 5.77. The summed E-state index contributed by atoms with van der Waals surface area (Å²) in [4.78, 5) is 29.0. The van der Waals surface area contributed by atoms with Crippen LogP contribution in [0.2, 0.25) is 0 Å². The number of anilines is 1. The van der Waals surface area contributed by atoms with Gasteiger partial charge in [-0.2, -0.15) is 5.10 Å². The van der Waals surface area contributed by atoms with Crippen molar-refractivity contribution in [3.05, 3.63) is 36.4 Å². The maximum Gasteiger partial charge on any atom is 0.282 e. The minimum absolute atomic E-state index is 0.0817. The van der Waals surface area contributed by atoms with Gasteiger partial charge in [0.1, 0.15) is 23.5 Å². The van der Waals surface area contributed by atoms with Gasteiger partial charge in [0.15, 0.2) is 5.65 Å². The lowest BCUT2D eigenvalue weighted by molar-refractivity contribution is -0.124. The molecule has 0 saturated carbocycles. The number of rotatable bonds is 5. The van der Waals surface area contributed by atoms with Gasteiger partial charge in [-0.3, -0.25) is 9.69 Å². The molecule has 1 N–H and O–H groups in total. The van der Waals surface area contributed by atoms with Crippen molar-refractivity contribution >= 4 is 17.4 Å². The Bertz CT molecular complexity index is 1100. The Balaban J connectivity index is 1.33. The van der Waals surface area contributed by atoms with Gasteiger partial charge in [0.05, 0.1) is 18.4 Å². The largest absolute Gasteiger partial charge is 0.356 e. The van der Waals surface area contributed by atoms with E-state index >= 15 is 0 Å². The molecule has 0 bridgehead atoms. The van der Waals surface area contributed by atoms with E-state index in [1.807, 2.05) is 6.07 Å². The molecule has 11 heteroatoms. The average molecular weight is 428 g/mol. The third kappa shape index (κ3) is 4.05. The third-order valence-electron chi connectivity index (χ3n) is 5.77. The van der Waals surface area contributed by atoms with Gasteiger partial charge < -0.3 is 10.2 Å². The summed E-state index contributed by atoms with van der Waals surface area (Å²) in [5.41, 5.74) is 1.28. The van der Waals surface area contributed by atoms with Gasteiger partial charge >= 0.3 is 0 Å². The molecule has 5 heterocycles. The fraction of sp³-hybridized carbons (Fsp3) is 0.450. The predicted octanol–water partition coefficient (Wildman–Crippen LogP) is 1.38. The fourth-order valence-corrected chi connectivity index (χ4v) is 4.24. The number of amides is 1. The van der Waals surface area contributed by atoms with Crippen molar-refractivity contribution in [1.82, 2.24) is 34.8 Å². The first-order valence-electron chi connectivity index (χ1n) is 10.3. The Morgan fingerprint density at radius 3 is 2.94 bits per heavy atom. The second-order valence-corrected chi connectivity index (χ2v) is 7.92. The number of nitrogens with zero attached hydrogens (tertiary/aromatic N) is 7. The highest BCUT2D eigenvalue weighted by molar-refractivity contribution is 5.78. The smallest absolute Gasteiger partial charge is 0.282 e. The van der Waals surface area contributed by atoms with Crippen LogP contribution in [-0.4, -0.2) is 74.6 Å². The maximum absolute atomic E-state index is 13.1. The Kier molecular flexibility index (Phi) is 5.18. The molecule has 31 heavy (non-hydrogen) atoms. The summed E-state index contributed by atoms with van der Waals surface area (Å²) in [6.45, 7) is 4.62. The lowest BCUT2D eigenvalue weighted by atomic mass is 10.1. The standard InChI is InChI=1S/C20H22F2N8O/c21-20(22)14-1-2-17-24-8-16(30(17)27-14)15-7-18(26-12-25-15)29-5-3-13(10-29)9-28-6-4-23-19(31)11-28/h1-2,7-8,12-13,20H,3-6,9-11H2,(H,23,31). The van der Waals surface area contributed by atoms with Crippen LogP contribution in [0.3, 0.4) is 0 Å². The molecule has 1 atom stereocenters. The summed E-state index contributed by atoms with van der Waals surface area (Å²) in [6.07, 6.45) is 1.42. The lowest BCUT2D eigenvalue weighted by Crippen LogP contribution is -2.49. The van der Waals surface area contributed by atoms with Crippen molar-refractivity contribution in [3.63, 3.8) is 0 Å². The van der Waals surface area contributed by atoms with Crippen molar-refractivity contribution in [1.29, 1.82) is 0 Å². The molecule has 2 aliphatic heterocycles. The average Bonchev–Trinajstić information content (AvgIpc) is 3.40. The van der Waals surface area contributed by atoms with Crippen molar-refractivity contribution in [3.8, 4) is 11.4 Å². The SMILES string of the molecule is O=C1CN(CC2CCN(c3cc(-c4cnc5ccc(C(F)F)nn45)ncn3)C2)CCN1. The number of aromatic nitrogens is 5. The van der Waals surface area contributed by atoms with Crippen LogP contribution >= 0.6 is 0 Å². The molecule has 9 nitrogen and oxygen atoms in total. The van der Waals surface area contributed by atoms with Gasteiger partial charge in [0.2, 0.25) is 5.91 Å². The van der Waals surface area contributed by atoms with E-state index in [1.165, 1.54) is 23.0 Å². The highest BCUT2D eigenvalue weighted by atomic mass is 19.3. The highest BCUT2D eigenvalue weighted by Crippen LogP contribution is 2.27. The second kappa shape index (κ2) is 8.14. The second-order valence-electron chi connectivity index (χ2n) is 7.92. The molecule has 162 valence electrons. The zero-order valence-corrected chi connectivity index (χ0v) is 16.8. The van der Waals surface area contributed by atoms with Crippen molar-refractivity contribution in [2.75, 3.05) is 44.2 Å². The number of halogens is 2. The van der Waals surface area contributed by atoms with E-state index in [9.17, 15) is 13.6 Å². The molecule has 0 aromatic carbocycles. The molecule has 3 aromatic rings. The van der Waals surface area contributed by atoms with Gasteiger partial charge in [-0.1, -0.05) is 0 Å². The summed E-state index contributed by atoms with van der Waals surface area (Å²) in [7, 11) is 0. The monoisotopic (exact) mass is 428 g/mol. The quantitative estimate of drug-likeness (QED) is 0.657. The molecule has 3 aromatic heterocycles. The summed E-state index contributed by atoms with van der Waals surface area (Å²) in [5.74, 6) is 1.32. The summed E-state index contributed by atoms with van der Waals surface area (Å²) >= 11 is 0. The summed E-state index contributed by atoms with van der Waals surface area (Å²) in [5, 5.41) is 6.86.